The molecule has 0 atom stereocenters. The van der Waals surface area contributed by atoms with Crippen LogP contribution >= 0.6 is 0 Å². The maximum atomic E-state index is 5.27. The second-order valence-electron chi connectivity index (χ2n) is 7.63. The number of methoxy groups -OCH3 is 1. The average Bonchev–Trinajstić information content (AvgIpc) is 2.57. The van der Waals surface area contributed by atoms with Gasteiger partial charge in [0, 0.05) is 39.3 Å². The Balaban J connectivity index is 1.84. The van der Waals surface area contributed by atoms with Gasteiger partial charge in [0.15, 0.2) is 5.96 Å². The van der Waals surface area contributed by atoms with Crippen LogP contribution in [0.4, 0.5) is 0 Å². The molecule has 0 radical (unpaired) electrons. The van der Waals surface area contributed by atoms with Crippen LogP contribution in [0.2, 0.25) is 0 Å². The van der Waals surface area contributed by atoms with Crippen LogP contribution in [0.15, 0.2) is 35.3 Å². The fraction of sp³-hybridized carbons (Fsp3) is 0.650. The minimum absolute atomic E-state index is 0.0586. The molecule has 0 aliphatic heterocycles. The number of hydrogen-bond donors (Lipinski definition) is 2. The van der Waals surface area contributed by atoms with Crippen molar-refractivity contribution >= 4 is 5.96 Å². The lowest BCUT2D eigenvalue weighted by molar-refractivity contribution is 0.0732. The molecule has 1 aliphatic rings. The van der Waals surface area contributed by atoms with Crippen LogP contribution in [0.1, 0.15) is 45.1 Å². The summed E-state index contributed by atoms with van der Waals surface area (Å²) < 4.78 is 5.27. The maximum absolute atomic E-state index is 5.27. The van der Waals surface area contributed by atoms with E-state index in [-0.39, 0.29) is 5.41 Å². The zero-order valence-electron chi connectivity index (χ0n) is 15.7. The second kappa shape index (κ2) is 8.52. The molecular formula is C20H33N3O. The molecule has 0 heterocycles. The Labute approximate surface area is 147 Å². The lowest BCUT2D eigenvalue weighted by Gasteiger charge is -2.42. The fourth-order valence-corrected chi connectivity index (χ4v) is 3.30. The average molecular weight is 332 g/mol. The Kier molecular flexibility index (Phi) is 6.67. The van der Waals surface area contributed by atoms with Gasteiger partial charge in [-0.25, -0.2) is 0 Å². The molecule has 1 aromatic rings. The minimum Gasteiger partial charge on any atom is -0.385 e. The third kappa shape index (κ3) is 4.97. The van der Waals surface area contributed by atoms with Crippen molar-refractivity contribution < 1.29 is 4.74 Å². The molecule has 0 amide bonds. The van der Waals surface area contributed by atoms with Crippen LogP contribution < -0.4 is 10.6 Å². The van der Waals surface area contributed by atoms with Gasteiger partial charge in [0.25, 0.3) is 0 Å². The van der Waals surface area contributed by atoms with Crippen molar-refractivity contribution in [1.29, 1.82) is 0 Å². The van der Waals surface area contributed by atoms with Gasteiger partial charge in [-0.2, -0.15) is 0 Å². The molecule has 0 saturated heterocycles. The van der Waals surface area contributed by atoms with Crippen LogP contribution in [0.5, 0.6) is 0 Å². The molecule has 1 saturated carbocycles. The van der Waals surface area contributed by atoms with E-state index in [1.54, 1.807) is 7.11 Å². The fourth-order valence-electron chi connectivity index (χ4n) is 3.30. The first-order valence-electron chi connectivity index (χ1n) is 9.00. The predicted octanol–water partition coefficient (Wildman–Crippen LogP) is 3.34. The molecule has 0 unspecified atom stereocenters. The summed E-state index contributed by atoms with van der Waals surface area (Å²) in [6.07, 6.45) is 5.03. The highest BCUT2D eigenvalue weighted by Gasteiger charge is 2.36. The van der Waals surface area contributed by atoms with Gasteiger partial charge < -0.3 is 15.4 Å². The van der Waals surface area contributed by atoms with Crippen LogP contribution in [-0.2, 0) is 10.2 Å². The highest BCUT2D eigenvalue weighted by atomic mass is 16.5. The standard InChI is InChI=1S/C20H33N3O/c1-19(2,17-9-6-5-7-10-17)15-22-18(21-3)23-16-20(11-8-12-20)13-14-24-4/h5-7,9-10H,8,11-16H2,1-4H3,(H2,21,22,23). The number of ether oxygens (including phenoxy) is 1. The van der Waals surface area contributed by atoms with Crippen molar-refractivity contribution in [3.05, 3.63) is 35.9 Å². The molecule has 0 bridgehead atoms. The summed E-state index contributed by atoms with van der Waals surface area (Å²) in [7, 11) is 3.62. The third-order valence-electron chi connectivity index (χ3n) is 5.36. The van der Waals surface area contributed by atoms with Gasteiger partial charge in [0.05, 0.1) is 0 Å². The van der Waals surface area contributed by atoms with Crippen molar-refractivity contribution in [1.82, 2.24) is 10.6 Å². The lowest BCUT2D eigenvalue weighted by Crippen LogP contribution is -2.49. The Morgan fingerprint density at radius 3 is 2.46 bits per heavy atom. The van der Waals surface area contributed by atoms with E-state index in [1.807, 2.05) is 7.05 Å². The Bertz CT molecular complexity index is 521. The van der Waals surface area contributed by atoms with Gasteiger partial charge in [-0.1, -0.05) is 50.6 Å². The van der Waals surface area contributed by atoms with E-state index in [0.717, 1.165) is 32.1 Å². The van der Waals surface area contributed by atoms with Gasteiger partial charge in [0.1, 0.15) is 0 Å². The number of aliphatic imine (C=N–C) groups is 1. The smallest absolute Gasteiger partial charge is 0.191 e. The van der Waals surface area contributed by atoms with E-state index < -0.39 is 0 Å². The van der Waals surface area contributed by atoms with Crippen molar-refractivity contribution in [3.63, 3.8) is 0 Å². The van der Waals surface area contributed by atoms with Crippen LogP contribution in [0, 0.1) is 5.41 Å². The summed E-state index contributed by atoms with van der Waals surface area (Å²) in [4.78, 5) is 4.39. The van der Waals surface area contributed by atoms with Crippen LogP contribution in [0.3, 0.4) is 0 Å². The van der Waals surface area contributed by atoms with E-state index >= 15 is 0 Å². The SMILES string of the molecule is CN=C(NCC1(CCOC)CCC1)NCC(C)(C)c1ccccc1. The van der Waals surface area contributed by atoms with Crippen molar-refractivity contribution in [3.8, 4) is 0 Å². The van der Waals surface area contributed by atoms with Crippen molar-refractivity contribution in [2.24, 2.45) is 10.4 Å². The normalized spacial score (nSPS) is 17.2. The van der Waals surface area contributed by atoms with Gasteiger partial charge in [-0.05, 0) is 30.2 Å². The zero-order valence-corrected chi connectivity index (χ0v) is 15.7. The zero-order chi connectivity index (χ0) is 17.5. The number of benzene rings is 1. The molecule has 4 heteroatoms. The maximum Gasteiger partial charge on any atom is 0.191 e. The van der Waals surface area contributed by atoms with Gasteiger partial charge in [-0.15, -0.1) is 0 Å². The number of nitrogens with zero attached hydrogens (tertiary/aromatic N) is 1. The number of hydrogen-bond acceptors (Lipinski definition) is 2. The predicted molar refractivity (Wildman–Crippen MR) is 102 cm³/mol. The van der Waals surface area contributed by atoms with Gasteiger partial charge >= 0.3 is 0 Å². The Morgan fingerprint density at radius 2 is 1.92 bits per heavy atom. The monoisotopic (exact) mass is 331 g/mol. The summed E-state index contributed by atoms with van der Waals surface area (Å²) in [5.41, 5.74) is 1.79. The number of rotatable bonds is 8. The van der Waals surface area contributed by atoms with Crippen molar-refractivity contribution in [2.75, 3.05) is 33.9 Å². The quantitative estimate of drug-likeness (QED) is 0.567. The van der Waals surface area contributed by atoms with E-state index in [9.17, 15) is 0 Å². The molecule has 134 valence electrons. The minimum atomic E-state index is 0.0586. The molecule has 1 aliphatic carbocycles. The lowest BCUT2D eigenvalue weighted by atomic mass is 9.67. The first kappa shape index (κ1) is 18.8. The van der Waals surface area contributed by atoms with E-state index in [2.05, 4.69) is 59.8 Å². The highest BCUT2D eigenvalue weighted by molar-refractivity contribution is 5.79. The third-order valence-corrected chi connectivity index (χ3v) is 5.36. The molecule has 24 heavy (non-hydrogen) atoms. The van der Waals surface area contributed by atoms with Gasteiger partial charge in [0.2, 0.25) is 0 Å². The first-order valence-corrected chi connectivity index (χ1v) is 9.00. The number of nitrogens with one attached hydrogen (secondary N) is 2. The van der Waals surface area contributed by atoms with Gasteiger partial charge in [-0.3, -0.25) is 4.99 Å². The molecule has 2 rings (SSSR count). The summed E-state index contributed by atoms with van der Waals surface area (Å²) in [5.74, 6) is 0.891. The van der Waals surface area contributed by atoms with Crippen molar-refractivity contribution in [2.45, 2.75) is 44.9 Å². The second-order valence-corrected chi connectivity index (χ2v) is 7.63. The Morgan fingerprint density at radius 1 is 1.21 bits per heavy atom. The highest BCUT2D eigenvalue weighted by Crippen LogP contribution is 2.43. The topological polar surface area (TPSA) is 45.7 Å². The largest absolute Gasteiger partial charge is 0.385 e. The number of guanidine groups is 1. The molecule has 0 aromatic heterocycles. The summed E-state index contributed by atoms with van der Waals surface area (Å²) in [6, 6.07) is 10.6. The molecular weight excluding hydrogens is 298 g/mol. The Hall–Kier alpha value is -1.55. The first-order chi connectivity index (χ1) is 11.5. The van der Waals surface area contributed by atoms with Crippen LogP contribution in [-0.4, -0.2) is 39.8 Å². The van der Waals surface area contributed by atoms with Crippen LogP contribution in [0.25, 0.3) is 0 Å². The van der Waals surface area contributed by atoms with E-state index in [4.69, 9.17) is 4.74 Å². The van der Waals surface area contributed by atoms with E-state index in [0.29, 0.717) is 5.41 Å². The molecule has 1 aromatic carbocycles. The molecule has 0 spiro atoms. The molecule has 4 nitrogen and oxygen atoms in total. The summed E-state index contributed by atoms with van der Waals surface area (Å²) in [6.45, 7) is 7.18. The molecule has 1 fully saturated rings. The molecule has 2 N–H and O–H groups in total. The summed E-state index contributed by atoms with van der Waals surface area (Å²) in [5, 5.41) is 7.02. The van der Waals surface area contributed by atoms with E-state index in [1.165, 1.54) is 24.8 Å². The summed E-state index contributed by atoms with van der Waals surface area (Å²) >= 11 is 0.